The van der Waals surface area contributed by atoms with Crippen molar-refractivity contribution in [1.29, 1.82) is 0 Å². The summed E-state index contributed by atoms with van der Waals surface area (Å²) in [6.45, 7) is 4.27. The van der Waals surface area contributed by atoms with Crippen molar-refractivity contribution in [2.75, 3.05) is 6.54 Å². The molecule has 0 aliphatic carbocycles. The Hall–Kier alpha value is -3.34. The van der Waals surface area contributed by atoms with Gasteiger partial charge in [0.15, 0.2) is 11.2 Å². The van der Waals surface area contributed by atoms with Gasteiger partial charge in [0, 0.05) is 12.1 Å². The maximum absolute atomic E-state index is 13.5. The van der Waals surface area contributed by atoms with Crippen LogP contribution in [0, 0.1) is 5.92 Å². The fourth-order valence-corrected chi connectivity index (χ4v) is 3.61. The number of Topliss-reactive ketones (excluding diaryl/α,β-unsaturated/α-hetero) is 1. The summed E-state index contributed by atoms with van der Waals surface area (Å²) in [6.07, 6.45) is -0.454. The maximum atomic E-state index is 13.5. The molecule has 3 atom stereocenters. The number of carbonyl (C=O) groups excluding carboxylic acids is 4. The van der Waals surface area contributed by atoms with E-state index in [1.807, 2.05) is 12.1 Å². The Balaban J connectivity index is 2.39. The lowest BCUT2D eigenvalue weighted by molar-refractivity contribution is -0.142. The smallest absolute Gasteiger partial charge is 0.305 e. The van der Waals surface area contributed by atoms with E-state index in [0.717, 1.165) is 15.7 Å². The van der Waals surface area contributed by atoms with Gasteiger partial charge < -0.3 is 10.8 Å². The number of alkyl halides is 1. The molecular weight excluding hydrogens is 476 g/mol. The van der Waals surface area contributed by atoms with Crippen LogP contribution in [0.25, 0.3) is 10.8 Å². The number of nitrogens with zero attached hydrogens (tertiary/aromatic N) is 2. The third kappa shape index (κ3) is 6.62. The molecule has 0 aliphatic rings. The Kier molecular flexibility index (Phi) is 9.47. The van der Waals surface area contributed by atoms with Crippen LogP contribution in [0.4, 0.5) is 0 Å². The van der Waals surface area contributed by atoms with Gasteiger partial charge in [-0.25, -0.2) is 5.84 Å². The zero-order valence-electron chi connectivity index (χ0n) is 19.7. The van der Waals surface area contributed by atoms with Gasteiger partial charge >= 0.3 is 5.97 Å². The largest absolute Gasteiger partial charge is 0.481 e. The number of halogens is 1. The van der Waals surface area contributed by atoms with Crippen LogP contribution in [-0.4, -0.2) is 68.5 Å². The molecule has 188 valence electrons. The lowest BCUT2D eigenvalue weighted by Gasteiger charge is -2.31. The number of hydrogen-bond donors (Lipinski definition) is 3. The number of hydrogen-bond acceptors (Lipinski definition) is 7. The molecule has 0 heterocycles. The number of imide groups is 1. The number of benzene rings is 2. The van der Waals surface area contributed by atoms with Crippen LogP contribution >= 0.6 is 11.6 Å². The van der Waals surface area contributed by atoms with Crippen LogP contribution in [0.5, 0.6) is 0 Å². The van der Waals surface area contributed by atoms with Gasteiger partial charge in [0.05, 0.1) is 18.5 Å². The molecule has 2 rings (SSSR count). The number of amides is 3. The number of nitrogens with two attached hydrogens (primary N) is 2. The minimum atomic E-state index is -1.85. The second-order valence-electron chi connectivity index (χ2n) is 8.46. The van der Waals surface area contributed by atoms with E-state index >= 15 is 0 Å². The number of rotatable bonds is 10. The highest BCUT2D eigenvalue weighted by Gasteiger charge is 2.40. The molecule has 0 saturated heterocycles. The highest BCUT2D eigenvalue weighted by molar-refractivity contribution is 6.42. The van der Waals surface area contributed by atoms with Gasteiger partial charge in [-0.3, -0.25) is 33.9 Å². The molecule has 0 aromatic heterocycles. The van der Waals surface area contributed by atoms with Crippen molar-refractivity contribution in [1.82, 2.24) is 9.91 Å². The minimum Gasteiger partial charge on any atom is -0.481 e. The third-order valence-electron chi connectivity index (χ3n) is 5.57. The SMILES string of the molecule is CC(C)C(N)C(=O)N(C(=O)c1ccc2ccccc2c1)C(C)C(=O)C(Cl)C(=O)N(N)CCC(=O)O. The zero-order valence-corrected chi connectivity index (χ0v) is 20.4. The van der Waals surface area contributed by atoms with E-state index in [1.54, 1.807) is 38.1 Å². The monoisotopic (exact) mass is 504 g/mol. The molecule has 5 N–H and O–H groups in total. The van der Waals surface area contributed by atoms with Crippen molar-refractivity contribution < 1.29 is 29.1 Å². The van der Waals surface area contributed by atoms with Gasteiger partial charge in [-0.2, -0.15) is 0 Å². The molecule has 0 spiro atoms. The average Bonchev–Trinajstić information content (AvgIpc) is 2.84. The number of ketones is 1. The highest BCUT2D eigenvalue weighted by Crippen LogP contribution is 2.20. The predicted molar refractivity (Wildman–Crippen MR) is 130 cm³/mol. The minimum absolute atomic E-state index is 0.145. The summed E-state index contributed by atoms with van der Waals surface area (Å²) in [5, 5.41) is 9.06. The van der Waals surface area contributed by atoms with Crippen LogP contribution in [0.3, 0.4) is 0 Å². The van der Waals surface area contributed by atoms with Crippen molar-refractivity contribution >= 4 is 51.8 Å². The van der Waals surface area contributed by atoms with E-state index in [2.05, 4.69) is 0 Å². The molecule has 3 amide bonds. The number of carboxylic acids is 1. The fraction of sp³-hybridized carbons (Fsp3) is 0.375. The van der Waals surface area contributed by atoms with Crippen LogP contribution in [0.2, 0.25) is 0 Å². The number of aliphatic carboxylic acids is 1. The molecule has 0 fully saturated rings. The second kappa shape index (κ2) is 11.9. The van der Waals surface area contributed by atoms with E-state index in [0.29, 0.717) is 5.01 Å². The average molecular weight is 505 g/mol. The van der Waals surface area contributed by atoms with Crippen LogP contribution < -0.4 is 11.6 Å². The molecule has 0 aliphatic heterocycles. The molecular formula is C24H29ClN4O6. The van der Waals surface area contributed by atoms with E-state index in [1.165, 1.54) is 13.0 Å². The maximum Gasteiger partial charge on any atom is 0.305 e. The first-order chi connectivity index (χ1) is 16.4. The van der Waals surface area contributed by atoms with Crippen molar-refractivity contribution in [3.8, 4) is 0 Å². The summed E-state index contributed by atoms with van der Waals surface area (Å²) in [5.74, 6) is 0.423. The summed E-state index contributed by atoms with van der Waals surface area (Å²) < 4.78 is 0. The Morgan fingerprint density at radius 2 is 1.57 bits per heavy atom. The summed E-state index contributed by atoms with van der Waals surface area (Å²) >= 11 is 6.06. The van der Waals surface area contributed by atoms with Crippen LogP contribution in [0.15, 0.2) is 42.5 Å². The number of fused-ring (bicyclic) bond motifs is 1. The molecule has 35 heavy (non-hydrogen) atoms. The molecule has 2 aromatic carbocycles. The van der Waals surface area contributed by atoms with Gasteiger partial charge in [0.2, 0.25) is 5.91 Å². The predicted octanol–water partition coefficient (Wildman–Crippen LogP) is 1.53. The molecule has 10 nitrogen and oxygen atoms in total. The Bertz CT molecular complexity index is 1140. The van der Waals surface area contributed by atoms with Gasteiger partial charge in [-0.15, -0.1) is 11.6 Å². The third-order valence-corrected chi connectivity index (χ3v) is 5.97. The Morgan fingerprint density at radius 3 is 2.14 bits per heavy atom. The standard InChI is InChI=1S/C24H29ClN4O6/c1-13(2)20(26)24(35)29(22(33)17-9-8-15-6-4-5-7-16(15)12-17)14(3)21(32)19(25)23(34)28(27)11-10-18(30)31/h4-9,12-14,19-20H,10-11,26-27H2,1-3H3,(H,30,31). The van der Waals surface area contributed by atoms with E-state index in [9.17, 15) is 24.0 Å². The first-order valence-electron chi connectivity index (χ1n) is 10.9. The first kappa shape index (κ1) is 27.9. The van der Waals surface area contributed by atoms with Crippen molar-refractivity contribution in [3.63, 3.8) is 0 Å². The van der Waals surface area contributed by atoms with Crippen LogP contribution in [0.1, 0.15) is 37.6 Å². The van der Waals surface area contributed by atoms with Gasteiger partial charge in [-0.05, 0) is 35.7 Å². The van der Waals surface area contributed by atoms with E-state index < -0.39 is 53.4 Å². The quantitative estimate of drug-likeness (QED) is 0.144. The van der Waals surface area contributed by atoms with Gasteiger partial charge in [-0.1, -0.05) is 44.2 Å². The van der Waals surface area contributed by atoms with E-state index in [4.69, 9.17) is 28.3 Å². The van der Waals surface area contributed by atoms with Crippen molar-refractivity contribution in [3.05, 3.63) is 48.0 Å². The number of hydrazine groups is 1. The van der Waals surface area contributed by atoms with Crippen LogP contribution in [-0.2, 0) is 19.2 Å². The molecule has 0 bridgehead atoms. The number of carbonyl (C=O) groups is 5. The normalized spacial score (nSPS) is 13.7. The first-order valence-corrected chi connectivity index (χ1v) is 11.4. The van der Waals surface area contributed by atoms with Gasteiger partial charge in [0.1, 0.15) is 0 Å². The molecule has 0 radical (unpaired) electrons. The highest BCUT2D eigenvalue weighted by atomic mass is 35.5. The topological polar surface area (TPSA) is 164 Å². The summed E-state index contributed by atoms with van der Waals surface area (Å²) in [4.78, 5) is 63.7. The Labute approximate surface area is 207 Å². The van der Waals surface area contributed by atoms with Crippen molar-refractivity contribution in [2.45, 2.75) is 44.7 Å². The summed E-state index contributed by atoms with van der Waals surface area (Å²) in [5.41, 5.74) is 6.16. The fourth-order valence-electron chi connectivity index (χ4n) is 3.31. The zero-order chi connectivity index (χ0) is 26.4. The molecule has 2 aromatic rings. The molecule has 0 saturated carbocycles. The summed E-state index contributed by atoms with van der Waals surface area (Å²) in [7, 11) is 0. The van der Waals surface area contributed by atoms with E-state index in [-0.39, 0.29) is 18.0 Å². The molecule has 11 heteroatoms. The lowest BCUT2D eigenvalue weighted by Crippen LogP contribution is -2.57. The summed E-state index contributed by atoms with van der Waals surface area (Å²) in [6, 6.07) is 9.58. The Morgan fingerprint density at radius 1 is 0.971 bits per heavy atom. The van der Waals surface area contributed by atoms with Crippen molar-refractivity contribution in [2.24, 2.45) is 17.5 Å². The lowest BCUT2D eigenvalue weighted by atomic mass is 9.99. The second-order valence-corrected chi connectivity index (χ2v) is 8.90. The van der Waals surface area contributed by atoms with Gasteiger partial charge in [0.25, 0.3) is 11.8 Å². The number of carboxylic acid groups (broad SMARTS) is 1. The molecule has 3 unspecified atom stereocenters.